The highest BCUT2D eigenvalue weighted by Gasteiger charge is 2.63. The Morgan fingerprint density at radius 2 is 1.66 bits per heavy atom. The van der Waals surface area contributed by atoms with Gasteiger partial charge in [0.2, 0.25) is 0 Å². The highest BCUT2D eigenvalue weighted by atomic mass is 15.0. The maximum Gasteiger partial charge on any atom is 0.0381 e. The third kappa shape index (κ3) is 2.98. The molecule has 0 heterocycles. The van der Waals surface area contributed by atoms with Gasteiger partial charge in [0.15, 0.2) is 0 Å². The lowest BCUT2D eigenvalue weighted by atomic mass is 9.51. The lowest BCUT2D eigenvalue weighted by Crippen LogP contribution is -2.47. The Morgan fingerprint density at radius 3 is 2.56 bits per heavy atom. The molecule has 7 aliphatic rings. The molecular weight excluding hydrogens is 386 g/mol. The first-order chi connectivity index (χ1) is 15.8. The first-order valence-corrected chi connectivity index (χ1v) is 14.3. The molecule has 0 radical (unpaired) electrons. The van der Waals surface area contributed by atoms with Crippen LogP contribution in [0.5, 0.6) is 0 Å². The molecular formula is C31H43N. The van der Waals surface area contributed by atoms with Gasteiger partial charge < -0.3 is 5.32 Å². The minimum absolute atomic E-state index is 0.265. The maximum absolute atomic E-state index is 4.28. The van der Waals surface area contributed by atoms with Crippen LogP contribution in [0.3, 0.4) is 0 Å². The first-order valence-electron chi connectivity index (χ1n) is 14.3. The maximum atomic E-state index is 4.28. The van der Waals surface area contributed by atoms with Crippen molar-refractivity contribution < 1.29 is 0 Å². The topological polar surface area (TPSA) is 12.0 Å². The predicted molar refractivity (Wildman–Crippen MR) is 133 cm³/mol. The van der Waals surface area contributed by atoms with Gasteiger partial charge in [-0.05, 0) is 113 Å². The molecule has 0 aromatic carbocycles. The van der Waals surface area contributed by atoms with Crippen molar-refractivity contribution in [3.63, 3.8) is 0 Å². The van der Waals surface area contributed by atoms with E-state index in [-0.39, 0.29) is 5.54 Å². The zero-order chi connectivity index (χ0) is 21.2. The lowest BCUT2D eigenvalue weighted by Gasteiger charge is -2.53. The van der Waals surface area contributed by atoms with E-state index in [0.29, 0.717) is 11.5 Å². The third-order valence-corrected chi connectivity index (χ3v) is 11.2. The van der Waals surface area contributed by atoms with Gasteiger partial charge >= 0.3 is 0 Å². The molecule has 1 N–H and O–H groups in total. The van der Waals surface area contributed by atoms with E-state index < -0.39 is 0 Å². The molecule has 0 aromatic rings. The van der Waals surface area contributed by atoms with Crippen molar-refractivity contribution in [2.75, 3.05) is 0 Å². The molecule has 1 heteroatoms. The fourth-order valence-electron chi connectivity index (χ4n) is 10.1. The standard InChI is InChI=1S/C31H43N/c1-2-10-22(11-3-1)32-30-18-19-31(21-30)28-17-9-8-15-26(28)24-13-5-4-12-23(24)25-14-6-7-16-27(25)29(31)20-30/h1-2,9,17-19,22-24,26,28-29,32H,3-8,10-16,20-21H2. The molecule has 1 nitrogen and oxygen atoms in total. The third-order valence-electron chi connectivity index (χ3n) is 11.2. The van der Waals surface area contributed by atoms with Crippen molar-refractivity contribution in [1.82, 2.24) is 5.32 Å². The number of rotatable bonds is 2. The fraction of sp³-hybridized carbons (Fsp3) is 0.742. The van der Waals surface area contributed by atoms with Gasteiger partial charge in [0.25, 0.3) is 0 Å². The summed E-state index contributed by atoms with van der Waals surface area (Å²) in [6.07, 6.45) is 36.8. The predicted octanol–water partition coefficient (Wildman–Crippen LogP) is 7.66. The second-order valence-electron chi connectivity index (χ2n) is 12.7. The van der Waals surface area contributed by atoms with E-state index >= 15 is 0 Å². The molecule has 0 aromatic heterocycles. The van der Waals surface area contributed by atoms with E-state index in [1.54, 1.807) is 0 Å². The molecule has 7 aliphatic carbocycles. The second-order valence-corrected chi connectivity index (χ2v) is 12.7. The van der Waals surface area contributed by atoms with E-state index in [1.807, 2.05) is 11.1 Å². The highest BCUT2D eigenvalue weighted by molar-refractivity contribution is 5.41. The minimum atomic E-state index is 0.265. The molecule has 7 rings (SSSR count). The molecule has 2 saturated carbocycles. The molecule has 2 fully saturated rings. The Kier molecular flexibility index (Phi) is 4.90. The summed E-state index contributed by atoms with van der Waals surface area (Å²) in [5.41, 5.74) is 4.66. The lowest BCUT2D eigenvalue weighted by molar-refractivity contribution is 0.0535. The molecule has 0 amide bonds. The summed E-state index contributed by atoms with van der Waals surface area (Å²) in [7, 11) is 0. The summed E-state index contributed by atoms with van der Waals surface area (Å²) in [6.45, 7) is 0. The monoisotopic (exact) mass is 429 g/mol. The SMILES string of the molecule is C1=CCC(NC23C=CC4(C2)C(C3)C2=C(CCCC2)C2CCCCC2C2CCC=CC24)CC1. The van der Waals surface area contributed by atoms with Gasteiger partial charge in [0, 0.05) is 17.0 Å². The van der Waals surface area contributed by atoms with Gasteiger partial charge in [0.05, 0.1) is 0 Å². The molecule has 32 heavy (non-hydrogen) atoms. The van der Waals surface area contributed by atoms with Gasteiger partial charge in [-0.25, -0.2) is 0 Å². The minimum Gasteiger partial charge on any atom is -0.305 e. The van der Waals surface area contributed by atoms with Crippen LogP contribution in [-0.2, 0) is 0 Å². The zero-order valence-electron chi connectivity index (χ0n) is 20.0. The summed E-state index contributed by atoms with van der Waals surface area (Å²) < 4.78 is 0. The molecule has 1 spiro atoms. The summed E-state index contributed by atoms with van der Waals surface area (Å²) in [6, 6.07) is 0.685. The second kappa shape index (κ2) is 7.72. The van der Waals surface area contributed by atoms with E-state index in [4.69, 9.17) is 0 Å². The molecule has 2 bridgehead atoms. The Morgan fingerprint density at radius 1 is 0.781 bits per heavy atom. The van der Waals surface area contributed by atoms with Crippen LogP contribution in [-0.4, -0.2) is 11.6 Å². The fourth-order valence-corrected chi connectivity index (χ4v) is 10.1. The van der Waals surface area contributed by atoms with Gasteiger partial charge in [-0.2, -0.15) is 0 Å². The van der Waals surface area contributed by atoms with Crippen molar-refractivity contribution in [3.8, 4) is 0 Å². The van der Waals surface area contributed by atoms with Crippen LogP contribution in [0.4, 0.5) is 0 Å². The smallest absolute Gasteiger partial charge is 0.0381 e. The van der Waals surface area contributed by atoms with Crippen LogP contribution >= 0.6 is 0 Å². The van der Waals surface area contributed by atoms with Gasteiger partial charge in [-0.1, -0.05) is 60.4 Å². The van der Waals surface area contributed by atoms with Gasteiger partial charge in [0.1, 0.15) is 0 Å². The van der Waals surface area contributed by atoms with E-state index in [0.717, 1.165) is 29.6 Å². The van der Waals surface area contributed by atoms with E-state index in [2.05, 4.69) is 41.8 Å². The largest absolute Gasteiger partial charge is 0.305 e. The Balaban J connectivity index is 1.33. The molecule has 8 unspecified atom stereocenters. The van der Waals surface area contributed by atoms with E-state index in [1.165, 1.54) is 96.3 Å². The van der Waals surface area contributed by atoms with Crippen molar-refractivity contribution >= 4 is 0 Å². The van der Waals surface area contributed by atoms with Crippen LogP contribution in [0.1, 0.15) is 96.3 Å². The first kappa shape index (κ1) is 20.3. The number of hydrogen-bond acceptors (Lipinski definition) is 1. The summed E-state index contributed by atoms with van der Waals surface area (Å²) >= 11 is 0. The Hall–Kier alpha value is -1.08. The molecule has 0 saturated heterocycles. The quantitative estimate of drug-likeness (QED) is 0.444. The van der Waals surface area contributed by atoms with Gasteiger partial charge in [-0.3, -0.25) is 0 Å². The highest BCUT2D eigenvalue weighted by Crippen LogP contribution is 2.68. The van der Waals surface area contributed by atoms with Crippen LogP contribution < -0.4 is 5.32 Å². The van der Waals surface area contributed by atoms with Gasteiger partial charge in [-0.15, -0.1) is 0 Å². The number of allylic oxidation sites excluding steroid dienone is 6. The molecule has 8 atom stereocenters. The number of nitrogens with one attached hydrogen (secondary N) is 1. The normalized spacial score (nSPS) is 49.1. The average Bonchev–Trinajstić information content (AvgIpc) is 3.38. The van der Waals surface area contributed by atoms with E-state index in [9.17, 15) is 0 Å². The molecule has 172 valence electrons. The van der Waals surface area contributed by atoms with Crippen LogP contribution in [0, 0.1) is 35.0 Å². The van der Waals surface area contributed by atoms with Crippen LogP contribution in [0.25, 0.3) is 0 Å². The Labute approximate surface area is 195 Å². The van der Waals surface area contributed by atoms with Crippen LogP contribution in [0.2, 0.25) is 0 Å². The summed E-state index contributed by atoms with van der Waals surface area (Å²) in [4.78, 5) is 0. The summed E-state index contributed by atoms with van der Waals surface area (Å²) in [5, 5.41) is 4.28. The molecule has 0 aliphatic heterocycles. The number of hydrogen-bond donors (Lipinski definition) is 1. The van der Waals surface area contributed by atoms with Crippen molar-refractivity contribution in [2.45, 2.75) is 108 Å². The van der Waals surface area contributed by atoms with Crippen molar-refractivity contribution in [3.05, 3.63) is 47.6 Å². The van der Waals surface area contributed by atoms with Crippen molar-refractivity contribution in [2.24, 2.45) is 35.0 Å². The zero-order valence-corrected chi connectivity index (χ0v) is 20.0. The summed E-state index contributed by atoms with van der Waals surface area (Å²) in [5.74, 6) is 4.44. The van der Waals surface area contributed by atoms with Crippen LogP contribution in [0.15, 0.2) is 47.6 Å². The van der Waals surface area contributed by atoms with Crippen molar-refractivity contribution in [1.29, 1.82) is 0 Å². The number of fused-ring (bicyclic) bond motifs is 6. The Bertz CT molecular complexity index is 875. The average molecular weight is 430 g/mol.